The average molecular weight is 466 g/mol. The van der Waals surface area contributed by atoms with Crippen LogP contribution in [0.1, 0.15) is 5.56 Å². The third-order valence-electron chi connectivity index (χ3n) is 5.39. The Morgan fingerprint density at radius 2 is 1.79 bits per heavy atom. The molecule has 0 aliphatic rings. The van der Waals surface area contributed by atoms with Crippen LogP contribution in [0.4, 0.5) is 0 Å². The van der Waals surface area contributed by atoms with Crippen LogP contribution in [-0.4, -0.2) is 41.0 Å². The Labute approximate surface area is 195 Å². The van der Waals surface area contributed by atoms with Crippen molar-refractivity contribution in [2.24, 2.45) is 0 Å². The predicted molar refractivity (Wildman–Crippen MR) is 128 cm³/mol. The molecular formula is C24H23N3O5S. The molecule has 0 fully saturated rings. The summed E-state index contributed by atoms with van der Waals surface area (Å²) >= 11 is 5.45. The van der Waals surface area contributed by atoms with E-state index in [9.17, 15) is 9.90 Å². The zero-order valence-corrected chi connectivity index (χ0v) is 19.2. The largest absolute Gasteiger partial charge is 0.507 e. The summed E-state index contributed by atoms with van der Waals surface area (Å²) in [7, 11) is 4.73. The van der Waals surface area contributed by atoms with Gasteiger partial charge >= 0.3 is 0 Å². The molecule has 0 saturated heterocycles. The van der Waals surface area contributed by atoms with Gasteiger partial charge in [0.15, 0.2) is 16.3 Å². The minimum absolute atomic E-state index is 0.0583. The summed E-state index contributed by atoms with van der Waals surface area (Å²) in [5.41, 5.74) is 2.12. The molecule has 0 bridgehead atoms. The van der Waals surface area contributed by atoms with Gasteiger partial charge in [-0.2, -0.15) is 0 Å². The van der Waals surface area contributed by atoms with Gasteiger partial charge in [0.05, 0.1) is 32.4 Å². The monoisotopic (exact) mass is 465 g/mol. The van der Waals surface area contributed by atoms with E-state index in [4.69, 9.17) is 31.4 Å². The molecule has 4 rings (SSSR count). The highest BCUT2D eigenvalue weighted by Crippen LogP contribution is 2.32. The minimum atomic E-state index is -0.314. The number of aryl methyl sites for hydroxylation is 2. The molecule has 2 N–H and O–H groups in total. The fourth-order valence-electron chi connectivity index (χ4n) is 3.64. The quantitative estimate of drug-likeness (QED) is 0.397. The van der Waals surface area contributed by atoms with Crippen LogP contribution in [0.15, 0.2) is 53.3 Å². The van der Waals surface area contributed by atoms with Crippen molar-refractivity contribution in [2.75, 3.05) is 21.3 Å². The number of fused-ring (bicyclic) bond motifs is 1. The summed E-state index contributed by atoms with van der Waals surface area (Å²) in [6, 6.07) is 14.0. The zero-order chi connectivity index (χ0) is 23.5. The van der Waals surface area contributed by atoms with Crippen molar-refractivity contribution in [3.63, 3.8) is 0 Å². The minimum Gasteiger partial charge on any atom is -0.507 e. The molecule has 170 valence electrons. The molecule has 0 spiro atoms. The van der Waals surface area contributed by atoms with Gasteiger partial charge in [0.25, 0.3) is 5.56 Å². The van der Waals surface area contributed by atoms with Crippen molar-refractivity contribution in [3.8, 4) is 34.3 Å². The maximum atomic E-state index is 12.5. The molecule has 4 aromatic rings. The number of ether oxygens (including phenoxy) is 3. The number of phenols is 1. The second-order valence-electron chi connectivity index (χ2n) is 7.30. The van der Waals surface area contributed by atoms with E-state index in [0.29, 0.717) is 52.5 Å². The number of aromatic hydroxyl groups is 1. The number of phenolic OH excluding ortho intramolecular Hbond substituents is 1. The third kappa shape index (κ3) is 4.40. The Balaban J connectivity index is 1.78. The summed E-state index contributed by atoms with van der Waals surface area (Å²) < 4.78 is 18.0. The van der Waals surface area contributed by atoms with Crippen LogP contribution in [0.25, 0.3) is 22.3 Å². The summed E-state index contributed by atoms with van der Waals surface area (Å²) in [5.74, 6) is 1.93. The van der Waals surface area contributed by atoms with Gasteiger partial charge in [0, 0.05) is 12.1 Å². The van der Waals surface area contributed by atoms with Crippen LogP contribution >= 0.6 is 12.2 Å². The number of aromatic amines is 1. The number of nitrogens with one attached hydrogen (secondary N) is 1. The van der Waals surface area contributed by atoms with Gasteiger partial charge in [-0.1, -0.05) is 6.07 Å². The van der Waals surface area contributed by atoms with Crippen LogP contribution in [0.2, 0.25) is 0 Å². The van der Waals surface area contributed by atoms with Crippen molar-refractivity contribution >= 4 is 23.3 Å². The number of rotatable bonds is 7. The Bertz CT molecular complexity index is 1440. The number of H-pyrrole nitrogens is 1. The normalized spacial score (nSPS) is 10.9. The number of aromatic nitrogens is 3. The summed E-state index contributed by atoms with van der Waals surface area (Å²) in [4.78, 5) is 19.9. The molecular weight excluding hydrogens is 442 g/mol. The van der Waals surface area contributed by atoms with E-state index in [1.807, 2.05) is 18.2 Å². The van der Waals surface area contributed by atoms with Gasteiger partial charge < -0.3 is 23.9 Å². The number of pyridine rings is 1. The van der Waals surface area contributed by atoms with Crippen LogP contribution < -0.4 is 19.8 Å². The van der Waals surface area contributed by atoms with Crippen molar-refractivity contribution in [1.82, 2.24) is 14.5 Å². The highest BCUT2D eigenvalue weighted by Gasteiger charge is 2.13. The summed E-state index contributed by atoms with van der Waals surface area (Å²) in [5, 5.41) is 10.8. The fraction of sp³-hybridized carbons (Fsp3) is 0.208. The zero-order valence-electron chi connectivity index (χ0n) is 18.4. The first kappa shape index (κ1) is 22.3. The molecule has 0 amide bonds. The summed E-state index contributed by atoms with van der Waals surface area (Å²) in [6.45, 7) is 0.474. The smallest absolute Gasteiger partial charge is 0.261 e. The molecule has 0 unspecified atom stereocenters. The van der Waals surface area contributed by atoms with Gasteiger partial charge in [-0.05, 0) is 66.7 Å². The van der Waals surface area contributed by atoms with Crippen LogP contribution in [0.5, 0.6) is 23.0 Å². The van der Waals surface area contributed by atoms with E-state index in [1.165, 1.54) is 0 Å². The fourth-order valence-corrected chi connectivity index (χ4v) is 3.91. The van der Waals surface area contributed by atoms with Gasteiger partial charge in [-0.25, -0.2) is 4.98 Å². The lowest BCUT2D eigenvalue weighted by Gasteiger charge is -2.13. The van der Waals surface area contributed by atoms with Crippen molar-refractivity contribution in [1.29, 1.82) is 0 Å². The van der Waals surface area contributed by atoms with E-state index < -0.39 is 0 Å². The topological polar surface area (TPSA) is 98.6 Å². The maximum Gasteiger partial charge on any atom is 0.261 e. The maximum absolute atomic E-state index is 12.5. The van der Waals surface area contributed by atoms with E-state index in [0.717, 1.165) is 5.56 Å². The molecule has 0 aliphatic heterocycles. The van der Waals surface area contributed by atoms with E-state index in [1.54, 1.807) is 56.2 Å². The van der Waals surface area contributed by atoms with Crippen LogP contribution in [-0.2, 0) is 13.0 Å². The molecule has 0 radical (unpaired) electrons. The Hall–Kier alpha value is -3.85. The molecule has 0 atom stereocenters. The Morgan fingerprint density at radius 1 is 1.00 bits per heavy atom. The molecule has 0 aliphatic carbocycles. The molecule has 33 heavy (non-hydrogen) atoms. The van der Waals surface area contributed by atoms with Crippen LogP contribution in [0.3, 0.4) is 0 Å². The molecule has 2 heterocycles. The molecule has 2 aromatic carbocycles. The first-order valence-electron chi connectivity index (χ1n) is 10.2. The first-order chi connectivity index (χ1) is 15.9. The predicted octanol–water partition coefficient (Wildman–Crippen LogP) is 4.10. The third-order valence-corrected chi connectivity index (χ3v) is 5.72. The van der Waals surface area contributed by atoms with E-state index in [-0.39, 0.29) is 16.1 Å². The highest BCUT2D eigenvalue weighted by molar-refractivity contribution is 7.71. The van der Waals surface area contributed by atoms with Crippen molar-refractivity contribution in [2.45, 2.75) is 13.0 Å². The number of hydrogen-bond donors (Lipinski definition) is 2. The molecule has 2 aromatic heterocycles. The van der Waals surface area contributed by atoms with Crippen molar-refractivity contribution < 1.29 is 19.3 Å². The summed E-state index contributed by atoms with van der Waals surface area (Å²) in [6.07, 6.45) is 0.617. The van der Waals surface area contributed by atoms with Gasteiger partial charge in [0.2, 0.25) is 0 Å². The van der Waals surface area contributed by atoms with E-state index >= 15 is 0 Å². The SMILES string of the molecule is COc1ccc(O)c(-c2ccc3c(=O)[nH]c(=S)n(CCc4ccc(OC)c(OC)c4)c3n2)c1. The number of hydrogen-bond acceptors (Lipinski definition) is 7. The van der Waals surface area contributed by atoms with Gasteiger partial charge in [0.1, 0.15) is 17.1 Å². The van der Waals surface area contributed by atoms with Gasteiger partial charge in [-0.15, -0.1) is 0 Å². The molecule has 8 nitrogen and oxygen atoms in total. The lowest BCUT2D eigenvalue weighted by molar-refractivity contribution is 0.354. The Morgan fingerprint density at radius 3 is 2.52 bits per heavy atom. The lowest BCUT2D eigenvalue weighted by atomic mass is 10.1. The second-order valence-corrected chi connectivity index (χ2v) is 7.69. The Kier molecular flexibility index (Phi) is 6.32. The highest BCUT2D eigenvalue weighted by atomic mass is 32.1. The molecule has 9 heteroatoms. The first-order valence-corrected chi connectivity index (χ1v) is 10.6. The van der Waals surface area contributed by atoms with Crippen molar-refractivity contribution in [3.05, 3.63) is 69.2 Å². The van der Waals surface area contributed by atoms with Crippen LogP contribution in [0, 0.1) is 4.77 Å². The second kappa shape index (κ2) is 9.33. The van der Waals surface area contributed by atoms with E-state index in [2.05, 4.69) is 4.98 Å². The number of nitrogens with zero attached hydrogens (tertiary/aromatic N) is 2. The standard InChI is InChI=1S/C24H23N3O5S/c1-30-15-5-8-19(28)17(13-15)18-7-6-16-22(25-18)27(24(33)26-23(16)29)11-10-14-4-9-20(31-2)21(12-14)32-3/h4-9,12-13,28H,10-11H2,1-3H3,(H,26,29,33). The lowest BCUT2D eigenvalue weighted by Crippen LogP contribution is -2.17. The number of methoxy groups -OCH3 is 3. The van der Waals surface area contributed by atoms with Gasteiger partial charge in [-0.3, -0.25) is 9.78 Å². The average Bonchev–Trinajstić information content (AvgIpc) is 2.83. The number of benzene rings is 2. The molecule has 0 saturated carbocycles.